The van der Waals surface area contributed by atoms with Gasteiger partial charge in [0.1, 0.15) is 11.9 Å². The first kappa shape index (κ1) is 23.4. The number of Topliss-reactive ketones (excluding diaryl/α,β-unsaturated/α-hetero) is 2. The van der Waals surface area contributed by atoms with Crippen molar-refractivity contribution in [3.63, 3.8) is 0 Å². The molecule has 1 atom stereocenters. The maximum atomic E-state index is 11.4. The Kier molecular flexibility index (Phi) is 18.8. The van der Waals surface area contributed by atoms with Gasteiger partial charge in [-0.05, 0) is 19.8 Å². The molecule has 4 nitrogen and oxygen atoms in total. The molecule has 116 valence electrons. The average Bonchev–Trinajstić information content (AvgIpc) is 2.34. The Morgan fingerprint density at radius 1 is 1.05 bits per heavy atom. The molecule has 0 heterocycles. The van der Waals surface area contributed by atoms with Gasteiger partial charge in [-0.15, -0.1) is 0 Å². The summed E-state index contributed by atoms with van der Waals surface area (Å²) < 4.78 is 10.2. The maximum Gasteiger partial charge on any atom is 0.161 e. The van der Waals surface area contributed by atoms with Crippen LogP contribution in [0.25, 0.3) is 0 Å². The lowest BCUT2D eigenvalue weighted by molar-refractivity contribution is -0.130. The van der Waals surface area contributed by atoms with Crippen LogP contribution in [0.2, 0.25) is 0 Å². The molecule has 0 saturated heterocycles. The van der Waals surface area contributed by atoms with Gasteiger partial charge < -0.3 is 9.47 Å². The van der Waals surface area contributed by atoms with E-state index in [1.54, 1.807) is 6.92 Å². The monoisotopic (exact) mass is 276 g/mol. The molecule has 0 saturated carbocycles. The highest BCUT2D eigenvalue weighted by molar-refractivity contribution is 5.88. The lowest BCUT2D eigenvalue weighted by Gasteiger charge is -2.07. The minimum Gasteiger partial charge on any atom is -0.381 e. The number of ether oxygens (including phenoxy) is 2. The second-order valence-corrected chi connectivity index (χ2v) is 4.10. The molecule has 0 spiro atoms. The van der Waals surface area contributed by atoms with Gasteiger partial charge in [0.2, 0.25) is 0 Å². The predicted molar refractivity (Wildman–Crippen MR) is 79.5 cm³/mol. The molecule has 0 bridgehead atoms. The smallest absolute Gasteiger partial charge is 0.161 e. The van der Waals surface area contributed by atoms with Crippen LogP contribution >= 0.6 is 0 Å². The summed E-state index contributed by atoms with van der Waals surface area (Å²) in [5.41, 5.74) is 0. The number of methoxy groups -OCH3 is 1. The molecule has 0 aromatic rings. The molecule has 19 heavy (non-hydrogen) atoms. The van der Waals surface area contributed by atoms with Gasteiger partial charge in [-0.25, -0.2) is 0 Å². The fourth-order valence-corrected chi connectivity index (χ4v) is 1.34. The van der Waals surface area contributed by atoms with Crippen molar-refractivity contribution in [2.45, 2.75) is 66.9 Å². The minimum atomic E-state index is -0.407. The van der Waals surface area contributed by atoms with Gasteiger partial charge in [-0.2, -0.15) is 0 Å². The van der Waals surface area contributed by atoms with Crippen LogP contribution < -0.4 is 0 Å². The lowest BCUT2D eigenvalue weighted by atomic mass is 10.1. The van der Waals surface area contributed by atoms with Crippen LogP contribution in [0.15, 0.2) is 0 Å². The Morgan fingerprint density at radius 2 is 1.68 bits per heavy atom. The zero-order valence-corrected chi connectivity index (χ0v) is 11.2. The fourth-order valence-electron chi connectivity index (χ4n) is 1.34. The van der Waals surface area contributed by atoms with E-state index < -0.39 is 6.10 Å². The molecular formula is C15H32O4. The van der Waals surface area contributed by atoms with E-state index in [9.17, 15) is 9.59 Å². The second-order valence-electron chi connectivity index (χ2n) is 4.10. The van der Waals surface area contributed by atoms with Crippen molar-refractivity contribution in [3.05, 3.63) is 0 Å². The first-order valence-electron chi connectivity index (χ1n) is 6.26. The molecule has 0 fully saturated rings. The highest BCUT2D eigenvalue weighted by Crippen LogP contribution is 2.03. The first-order chi connectivity index (χ1) is 8.11. The Hall–Kier alpha value is -0.740. The van der Waals surface area contributed by atoms with Crippen molar-refractivity contribution in [1.82, 2.24) is 0 Å². The maximum absolute atomic E-state index is 11.4. The normalized spacial score (nSPS) is 11.1. The van der Waals surface area contributed by atoms with E-state index in [-0.39, 0.29) is 32.8 Å². The number of hydrogen-bond donors (Lipinski definition) is 0. The average molecular weight is 276 g/mol. The van der Waals surface area contributed by atoms with E-state index in [0.717, 1.165) is 19.4 Å². The van der Waals surface area contributed by atoms with Gasteiger partial charge >= 0.3 is 0 Å². The predicted octanol–water partition coefficient (Wildman–Crippen LogP) is 3.42. The molecular weight excluding hydrogens is 244 g/mol. The van der Waals surface area contributed by atoms with Crippen molar-refractivity contribution in [2.24, 2.45) is 0 Å². The van der Waals surface area contributed by atoms with E-state index in [0.29, 0.717) is 19.4 Å². The molecule has 0 rings (SSSR count). The quantitative estimate of drug-likeness (QED) is 0.543. The number of carbonyl (C=O) groups is 2. The van der Waals surface area contributed by atoms with Crippen LogP contribution in [-0.4, -0.2) is 38.0 Å². The van der Waals surface area contributed by atoms with Crippen LogP contribution in [0.3, 0.4) is 0 Å². The first-order valence-corrected chi connectivity index (χ1v) is 6.26. The molecule has 0 aliphatic rings. The molecule has 0 aromatic carbocycles. The third-order valence-corrected chi connectivity index (χ3v) is 2.55. The van der Waals surface area contributed by atoms with E-state index in [1.807, 2.05) is 6.92 Å². The molecule has 0 N–H and O–H groups in total. The minimum absolute atomic E-state index is 0. The molecule has 0 amide bonds. The summed E-state index contributed by atoms with van der Waals surface area (Å²) in [6, 6.07) is 0. The summed E-state index contributed by atoms with van der Waals surface area (Å²) in [6.45, 7) is 5.12. The highest BCUT2D eigenvalue weighted by Gasteiger charge is 2.13. The summed E-state index contributed by atoms with van der Waals surface area (Å²) in [4.78, 5) is 22.8. The van der Waals surface area contributed by atoms with Crippen LogP contribution in [0.1, 0.15) is 60.8 Å². The molecule has 0 aliphatic heterocycles. The van der Waals surface area contributed by atoms with Crippen molar-refractivity contribution >= 4 is 11.6 Å². The summed E-state index contributed by atoms with van der Waals surface area (Å²) in [7, 11) is 1.50. The number of carbonyl (C=O) groups excluding carboxylic acids is 2. The van der Waals surface area contributed by atoms with E-state index in [2.05, 4.69) is 0 Å². The summed E-state index contributed by atoms with van der Waals surface area (Å²) in [5.74, 6) is 0.116. The van der Waals surface area contributed by atoms with Crippen LogP contribution in [-0.2, 0) is 19.1 Å². The van der Waals surface area contributed by atoms with Gasteiger partial charge in [0.15, 0.2) is 5.78 Å². The molecule has 4 heteroatoms. The lowest BCUT2D eigenvalue weighted by Crippen LogP contribution is -2.19. The summed E-state index contributed by atoms with van der Waals surface area (Å²) in [6.07, 6.45) is 2.43. The van der Waals surface area contributed by atoms with Crippen molar-refractivity contribution in [3.8, 4) is 0 Å². The molecule has 0 radical (unpaired) electrons. The van der Waals surface area contributed by atoms with Gasteiger partial charge in [0.25, 0.3) is 0 Å². The van der Waals surface area contributed by atoms with Gasteiger partial charge in [-0.1, -0.05) is 21.8 Å². The highest BCUT2D eigenvalue weighted by atomic mass is 16.5. The summed E-state index contributed by atoms with van der Waals surface area (Å²) >= 11 is 0. The number of ketones is 2. The SMILES string of the molecule is C.C.CCCOCCCC(=O)CCC(=O)C(C)OC. The zero-order valence-electron chi connectivity index (χ0n) is 11.2. The van der Waals surface area contributed by atoms with E-state index >= 15 is 0 Å². The van der Waals surface area contributed by atoms with Crippen molar-refractivity contribution < 1.29 is 19.1 Å². The molecule has 0 aliphatic carbocycles. The second kappa shape index (κ2) is 15.3. The Labute approximate surface area is 118 Å². The fraction of sp³-hybridized carbons (Fsp3) is 0.867. The van der Waals surface area contributed by atoms with E-state index in [1.165, 1.54) is 7.11 Å². The van der Waals surface area contributed by atoms with Crippen LogP contribution in [0.5, 0.6) is 0 Å². The van der Waals surface area contributed by atoms with Crippen molar-refractivity contribution in [2.75, 3.05) is 20.3 Å². The Bertz CT molecular complexity index is 226. The largest absolute Gasteiger partial charge is 0.381 e. The Balaban J connectivity index is -0.00000128. The molecule has 1 unspecified atom stereocenters. The van der Waals surface area contributed by atoms with Crippen LogP contribution in [0, 0.1) is 0 Å². The zero-order chi connectivity index (χ0) is 13.1. The summed E-state index contributed by atoms with van der Waals surface area (Å²) in [5, 5.41) is 0. The van der Waals surface area contributed by atoms with E-state index in [4.69, 9.17) is 9.47 Å². The topological polar surface area (TPSA) is 52.6 Å². The third kappa shape index (κ3) is 13.5. The molecule has 0 aromatic heterocycles. The number of rotatable bonds is 11. The van der Waals surface area contributed by atoms with Crippen molar-refractivity contribution in [1.29, 1.82) is 0 Å². The third-order valence-electron chi connectivity index (χ3n) is 2.55. The number of hydrogen-bond acceptors (Lipinski definition) is 4. The standard InChI is InChI=1S/C13H24O4.2CH4/c1-4-9-17-10-5-6-12(14)7-8-13(15)11(2)16-3;;/h11H,4-10H2,1-3H3;2*1H4. The Morgan fingerprint density at radius 3 is 2.21 bits per heavy atom. The van der Waals surface area contributed by atoms with Crippen LogP contribution in [0.4, 0.5) is 0 Å². The van der Waals surface area contributed by atoms with Gasteiger partial charge in [-0.3, -0.25) is 9.59 Å². The van der Waals surface area contributed by atoms with Gasteiger partial charge in [0.05, 0.1) is 0 Å². The van der Waals surface area contributed by atoms with Gasteiger partial charge in [0, 0.05) is 39.6 Å².